The minimum atomic E-state index is 0.393. The molecule has 0 amide bonds. The smallest absolute Gasteiger partial charge is 0.217 e. The topological polar surface area (TPSA) is 43.4 Å². The molecule has 0 spiro atoms. The Kier molecular flexibility index (Phi) is 3.74. The predicted octanol–water partition coefficient (Wildman–Crippen LogP) is 1.28. The number of nitrogens with one attached hydrogen (secondary N) is 1. The molecule has 0 aliphatic carbocycles. The lowest BCUT2D eigenvalue weighted by Crippen LogP contribution is -2.36. The Balaban J connectivity index is 1.87. The van der Waals surface area contributed by atoms with Gasteiger partial charge in [0.15, 0.2) is 0 Å². The molecule has 4 nitrogen and oxygen atoms in total. The van der Waals surface area contributed by atoms with E-state index in [-0.39, 0.29) is 0 Å². The van der Waals surface area contributed by atoms with Crippen LogP contribution in [0.2, 0.25) is 0 Å². The second-order valence-corrected chi connectivity index (χ2v) is 4.03. The molecule has 0 radical (unpaired) electrons. The third-order valence-electron chi connectivity index (χ3n) is 2.75. The van der Waals surface area contributed by atoms with Crippen LogP contribution in [0.15, 0.2) is 12.1 Å². The van der Waals surface area contributed by atoms with Crippen LogP contribution in [0.4, 0.5) is 0 Å². The third kappa shape index (κ3) is 2.71. The Morgan fingerprint density at radius 2 is 2.38 bits per heavy atom. The number of nitrogens with zero attached hydrogens (tertiary/aromatic N) is 1. The highest BCUT2D eigenvalue weighted by Gasteiger charge is 2.17. The van der Waals surface area contributed by atoms with Gasteiger partial charge in [0.2, 0.25) is 5.88 Å². The number of hydrogen-bond donors (Lipinski definition) is 1. The fraction of sp³-hybridized carbons (Fsp3) is 0.583. The van der Waals surface area contributed by atoms with E-state index >= 15 is 0 Å². The number of aromatic nitrogens is 1. The molecule has 1 aromatic heterocycles. The van der Waals surface area contributed by atoms with Gasteiger partial charge in [0.25, 0.3) is 0 Å². The summed E-state index contributed by atoms with van der Waals surface area (Å²) in [6, 6.07) is 4.05. The zero-order valence-electron chi connectivity index (χ0n) is 9.82. The molecule has 0 unspecified atom stereocenters. The minimum Gasteiger partial charge on any atom is -0.481 e. The molecule has 0 aromatic carbocycles. The molecule has 88 valence electrons. The molecule has 2 heterocycles. The van der Waals surface area contributed by atoms with Crippen LogP contribution in [-0.4, -0.2) is 31.3 Å². The fourth-order valence-electron chi connectivity index (χ4n) is 1.69. The van der Waals surface area contributed by atoms with Crippen molar-refractivity contribution in [3.63, 3.8) is 0 Å². The van der Waals surface area contributed by atoms with Crippen LogP contribution < -0.4 is 10.1 Å². The van der Waals surface area contributed by atoms with Crippen molar-refractivity contribution in [3.8, 4) is 5.88 Å². The molecule has 1 atom stereocenters. The van der Waals surface area contributed by atoms with Crippen LogP contribution in [0.3, 0.4) is 0 Å². The van der Waals surface area contributed by atoms with Crippen molar-refractivity contribution in [2.75, 3.05) is 20.3 Å². The van der Waals surface area contributed by atoms with Crippen LogP contribution in [-0.2, 0) is 11.3 Å². The van der Waals surface area contributed by atoms with Gasteiger partial charge in [-0.15, -0.1) is 0 Å². The monoisotopic (exact) mass is 222 g/mol. The lowest BCUT2D eigenvalue weighted by Gasteiger charge is -2.26. The Morgan fingerprint density at radius 3 is 3.00 bits per heavy atom. The molecule has 2 rings (SSSR count). The van der Waals surface area contributed by atoms with Crippen molar-refractivity contribution < 1.29 is 9.47 Å². The summed E-state index contributed by atoms with van der Waals surface area (Å²) in [6.45, 7) is 4.54. The van der Waals surface area contributed by atoms with E-state index in [1.54, 1.807) is 7.11 Å². The van der Waals surface area contributed by atoms with Gasteiger partial charge in [-0.3, -0.25) is 0 Å². The zero-order chi connectivity index (χ0) is 11.4. The van der Waals surface area contributed by atoms with Crippen molar-refractivity contribution in [2.24, 2.45) is 0 Å². The van der Waals surface area contributed by atoms with Gasteiger partial charge in [0, 0.05) is 31.0 Å². The van der Waals surface area contributed by atoms with Crippen molar-refractivity contribution >= 4 is 0 Å². The minimum absolute atomic E-state index is 0.393. The molecular weight excluding hydrogens is 204 g/mol. The highest BCUT2D eigenvalue weighted by atomic mass is 16.5. The van der Waals surface area contributed by atoms with Crippen LogP contribution in [0.5, 0.6) is 5.88 Å². The third-order valence-corrected chi connectivity index (χ3v) is 2.75. The molecule has 1 aromatic rings. The van der Waals surface area contributed by atoms with E-state index in [4.69, 9.17) is 9.47 Å². The number of ether oxygens (including phenoxy) is 2. The van der Waals surface area contributed by atoms with Gasteiger partial charge in [0.1, 0.15) is 0 Å². The molecule has 1 saturated heterocycles. The summed E-state index contributed by atoms with van der Waals surface area (Å²) in [6.07, 6.45) is 1.56. The molecule has 0 saturated carbocycles. The van der Waals surface area contributed by atoms with Crippen molar-refractivity contribution in [1.29, 1.82) is 0 Å². The first-order valence-corrected chi connectivity index (χ1v) is 5.62. The highest BCUT2D eigenvalue weighted by Crippen LogP contribution is 2.15. The molecule has 1 aliphatic heterocycles. The Morgan fingerprint density at radius 1 is 1.56 bits per heavy atom. The van der Waals surface area contributed by atoms with E-state index < -0.39 is 0 Å². The summed E-state index contributed by atoms with van der Waals surface area (Å²) in [5.74, 6) is 0.710. The first-order chi connectivity index (χ1) is 7.79. The average Bonchev–Trinajstić information content (AvgIpc) is 2.23. The van der Waals surface area contributed by atoms with Gasteiger partial charge in [-0.1, -0.05) is 6.07 Å². The van der Waals surface area contributed by atoms with Gasteiger partial charge in [-0.25, -0.2) is 4.98 Å². The number of rotatable bonds is 5. The lowest BCUT2D eigenvalue weighted by molar-refractivity contribution is -0.0484. The summed E-state index contributed by atoms with van der Waals surface area (Å²) in [5.41, 5.74) is 2.07. The number of pyridine rings is 1. The largest absolute Gasteiger partial charge is 0.481 e. The van der Waals surface area contributed by atoms with E-state index in [1.165, 1.54) is 0 Å². The van der Waals surface area contributed by atoms with Crippen molar-refractivity contribution in [3.05, 3.63) is 23.4 Å². The van der Waals surface area contributed by atoms with E-state index in [0.29, 0.717) is 12.0 Å². The molecular formula is C12H18N2O2. The van der Waals surface area contributed by atoms with Crippen LogP contribution >= 0.6 is 0 Å². The van der Waals surface area contributed by atoms with Crippen LogP contribution in [0, 0.1) is 6.92 Å². The Hall–Kier alpha value is -1.13. The Labute approximate surface area is 96.0 Å². The van der Waals surface area contributed by atoms with Gasteiger partial charge in [0.05, 0.1) is 13.2 Å². The lowest BCUT2D eigenvalue weighted by atomic mass is 10.2. The molecule has 16 heavy (non-hydrogen) atoms. The van der Waals surface area contributed by atoms with Gasteiger partial charge >= 0.3 is 0 Å². The maximum Gasteiger partial charge on any atom is 0.217 e. The second kappa shape index (κ2) is 5.27. The molecule has 1 N–H and O–H groups in total. The van der Waals surface area contributed by atoms with E-state index in [2.05, 4.69) is 16.4 Å². The number of aryl methyl sites for hydroxylation is 1. The molecule has 0 bridgehead atoms. The van der Waals surface area contributed by atoms with E-state index in [9.17, 15) is 0 Å². The van der Waals surface area contributed by atoms with Crippen LogP contribution in [0.1, 0.15) is 17.7 Å². The number of methoxy groups -OCH3 is 1. The van der Waals surface area contributed by atoms with E-state index in [1.807, 2.05) is 13.0 Å². The van der Waals surface area contributed by atoms with Gasteiger partial charge in [-0.05, 0) is 19.4 Å². The quantitative estimate of drug-likeness (QED) is 0.815. The molecule has 1 aliphatic rings. The summed E-state index contributed by atoms with van der Waals surface area (Å²) in [5, 5.41) is 3.35. The molecule has 4 heteroatoms. The second-order valence-electron chi connectivity index (χ2n) is 4.03. The summed E-state index contributed by atoms with van der Waals surface area (Å²) in [4.78, 5) is 4.33. The standard InChI is InChI=1S/C12H18N2O2/c1-9-3-4-10(12(14-9)15-2)7-13-8-11-5-6-16-11/h3-4,11,13H,5-8H2,1-2H3/t11-/m1/s1. The van der Waals surface area contributed by atoms with Crippen LogP contribution in [0.25, 0.3) is 0 Å². The molecule has 1 fully saturated rings. The summed E-state index contributed by atoms with van der Waals surface area (Å²) < 4.78 is 10.6. The number of hydrogen-bond acceptors (Lipinski definition) is 4. The SMILES string of the molecule is COc1nc(C)ccc1CNC[C@H]1CCO1. The Bertz CT molecular complexity index is 351. The normalized spacial score (nSPS) is 19.2. The van der Waals surface area contributed by atoms with Gasteiger partial charge < -0.3 is 14.8 Å². The predicted molar refractivity (Wildman–Crippen MR) is 61.6 cm³/mol. The fourth-order valence-corrected chi connectivity index (χ4v) is 1.69. The maximum absolute atomic E-state index is 5.33. The van der Waals surface area contributed by atoms with Gasteiger partial charge in [-0.2, -0.15) is 0 Å². The first-order valence-electron chi connectivity index (χ1n) is 5.62. The van der Waals surface area contributed by atoms with Crippen molar-refractivity contribution in [2.45, 2.75) is 26.0 Å². The van der Waals surface area contributed by atoms with Crippen molar-refractivity contribution in [1.82, 2.24) is 10.3 Å². The zero-order valence-corrected chi connectivity index (χ0v) is 9.82. The van der Waals surface area contributed by atoms with E-state index in [0.717, 1.165) is 37.4 Å². The highest BCUT2D eigenvalue weighted by molar-refractivity contribution is 5.27. The summed E-state index contributed by atoms with van der Waals surface area (Å²) >= 11 is 0. The maximum atomic E-state index is 5.33. The average molecular weight is 222 g/mol. The summed E-state index contributed by atoms with van der Waals surface area (Å²) in [7, 11) is 1.65. The first kappa shape index (κ1) is 11.4.